The van der Waals surface area contributed by atoms with Crippen LogP contribution in [0.5, 0.6) is 0 Å². The van der Waals surface area contributed by atoms with E-state index in [1.54, 1.807) is 18.2 Å². The van der Waals surface area contributed by atoms with E-state index in [1.165, 1.54) is 12.8 Å². The highest BCUT2D eigenvalue weighted by Gasteiger charge is 2.33. The number of nitrogens with one attached hydrogen (secondary N) is 1. The van der Waals surface area contributed by atoms with Crippen LogP contribution in [0.15, 0.2) is 18.2 Å². The lowest BCUT2D eigenvalue weighted by atomic mass is 9.73. The quantitative estimate of drug-likeness (QED) is 0.834. The zero-order valence-corrected chi connectivity index (χ0v) is 11.6. The van der Waals surface area contributed by atoms with Crippen LogP contribution in [0.2, 0.25) is 5.15 Å². The van der Waals surface area contributed by atoms with Crippen molar-refractivity contribution in [2.75, 3.05) is 0 Å². The molecule has 1 N–H and O–H groups in total. The fourth-order valence-electron chi connectivity index (χ4n) is 2.53. The summed E-state index contributed by atoms with van der Waals surface area (Å²) in [5, 5.41) is 3.44. The van der Waals surface area contributed by atoms with Crippen LogP contribution in [-0.4, -0.2) is 16.9 Å². The van der Waals surface area contributed by atoms with E-state index in [9.17, 15) is 4.79 Å². The molecule has 1 fully saturated rings. The zero-order chi connectivity index (χ0) is 13.2. The van der Waals surface area contributed by atoms with Crippen LogP contribution in [0.3, 0.4) is 0 Å². The molecule has 2 rings (SSSR count). The maximum atomic E-state index is 12.1. The van der Waals surface area contributed by atoms with Gasteiger partial charge in [0.2, 0.25) is 0 Å². The number of carbonyl (C=O) groups excluding carboxylic acids is 1. The van der Waals surface area contributed by atoms with E-state index in [1.807, 2.05) is 0 Å². The van der Waals surface area contributed by atoms with Crippen LogP contribution in [0.1, 0.15) is 50.0 Å². The first-order valence-electron chi connectivity index (χ1n) is 6.42. The van der Waals surface area contributed by atoms with E-state index in [-0.39, 0.29) is 17.4 Å². The van der Waals surface area contributed by atoms with E-state index in [4.69, 9.17) is 11.6 Å². The minimum atomic E-state index is -0.127. The molecule has 1 aromatic heterocycles. The molecule has 1 amide bonds. The summed E-state index contributed by atoms with van der Waals surface area (Å²) in [4.78, 5) is 16.2. The molecule has 0 saturated heterocycles. The number of nitrogens with zero attached hydrogens (tertiary/aromatic N) is 1. The Morgan fingerprint density at radius 3 is 2.89 bits per heavy atom. The van der Waals surface area contributed by atoms with Gasteiger partial charge in [-0.3, -0.25) is 4.79 Å². The third kappa shape index (κ3) is 3.02. The van der Waals surface area contributed by atoms with Gasteiger partial charge in [0.15, 0.2) is 0 Å². The maximum absolute atomic E-state index is 12.1. The topological polar surface area (TPSA) is 42.0 Å². The first kappa shape index (κ1) is 13.3. The predicted octanol–water partition coefficient (Wildman–Crippen LogP) is 3.43. The smallest absolute Gasteiger partial charge is 0.270 e. The summed E-state index contributed by atoms with van der Waals surface area (Å²) in [5.41, 5.74) is 0.552. The van der Waals surface area contributed by atoms with Gasteiger partial charge in [0.05, 0.1) is 0 Å². The monoisotopic (exact) mass is 266 g/mol. The van der Waals surface area contributed by atoms with Gasteiger partial charge < -0.3 is 5.32 Å². The maximum Gasteiger partial charge on any atom is 0.270 e. The van der Waals surface area contributed by atoms with Gasteiger partial charge in [-0.1, -0.05) is 44.4 Å². The molecule has 1 atom stereocenters. The van der Waals surface area contributed by atoms with Gasteiger partial charge in [-0.15, -0.1) is 0 Å². The van der Waals surface area contributed by atoms with Crippen molar-refractivity contribution in [3.8, 4) is 0 Å². The van der Waals surface area contributed by atoms with Gasteiger partial charge in [0.1, 0.15) is 10.8 Å². The molecule has 1 aliphatic carbocycles. The van der Waals surface area contributed by atoms with Gasteiger partial charge in [0, 0.05) is 6.04 Å². The minimum Gasteiger partial charge on any atom is -0.347 e. The van der Waals surface area contributed by atoms with E-state index in [2.05, 4.69) is 24.1 Å². The number of hydrogen-bond donors (Lipinski definition) is 1. The molecule has 18 heavy (non-hydrogen) atoms. The van der Waals surface area contributed by atoms with Crippen LogP contribution < -0.4 is 5.32 Å². The number of hydrogen-bond acceptors (Lipinski definition) is 2. The fourth-order valence-corrected chi connectivity index (χ4v) is 2.69. The van der Waals surface area contributed by atoms with Gasteiger partial charge in [-0.05, 0) is 30.4 Å². The summed E-state index contributed by atoms with van der Waals surface area (Å²) >= 11 is 5.80. The largest absolute Gasteiger partial charge is 0.347 e. The lowest BCUT2D eigenvalue weighted by Gasteiger charge is -2.38. The summed E-state index contributed by atoms with van der Waals surface area (Å²) in [5.74, 6) is -0.127. The molecule has 3 nitrogen and oxygen atoms in total. The molecular formula is C14H19ClN2O. The van der Waals surface area contributed by atoms with Crippen molar-refractivity contribution in [3.63, 3.8) is 0 Å². The summed E-state index contributed by atoms with van der Waals surface area (Å²) < 4.78 is 0. The Bertz CT molecular complexity index is 445. The van der Waals surface area contributed by atoms with E-state index in [0.717, 1.165) is 12.8 Å². The number of rotatable bonds is 2. The number of amides is 1. The van der Waals surface area contributed by atoms with E-state index < -0.39 is 0 Å². The normalized spacial score (nSPS) is 22.5. The van der Waals surface area contributed by atoms with Crippen LogP contribution in [-0.2, 0) is 0 Å². The Kier molecular flexibility index (Phi) is 3.91. The highest BCUT2D eigenvalue weighted by atomic mass is 35.5. The highest BCUT2D eigenvalue weighted by Crippen LogP contribution is 2.35. The molecular weight excluding hydrogens is 248 g/mol. The Morgan fingerprint density at radius 2 is 2.22 bits per heavy atom. The van der Waals surface area contributed by atoms with Crippen LogP contribution in [0, 0.1) is 5.41 Å². The molecule has 98 valence electrons. The molecule has 1 heterocycles. The van der Waals surface area contributed by atoms with Crippen molar-refractivity contribution in [2.45, 2.75) is 45.6 Å². The highest BCUT2D eigenvalue weighted by molar-refractivity contribution is 6.29. The minimum absolute atomic E-state index is 0.127. The SMILES string of the molecule is CC1(C)CCCCC1NC(=O)c1cccc(Cl)n1. The summed E-state index contributed by atoms with van der Waals surface area (Å²) in [6.07, 6.45) is 4.62. The molecule has 0 bridgehead atoms. The lowest BCUT2D eigenvalue weighted by Crippen LogP contribution is -2.47. The zero-order valence-electron chi connectivity index (χ0n) is 10.9. The van der Waals surface area contributed by atoms with Crippen LogP contribution >= 0.6 is 11.6 Å². The predicted molar refractivity (Wildman–Crippen MR) is 72.8 cm³/mol. The van der Waals surface area contributed by atoms with Crippen molar-refractivity contribution in [1.82, 2.24) is 10.3 Å². The number of carbonyl (C=O) groups is 1. The second kappa shape index (κ2) is 5.27. The molecule has 4 heteroatoms. The van der Waals surface area contributed by atoms with Gasteiger partial charge in [-0.2, -0.15) is 0 Å². The van der Waals surface area contributed by atoms with Crippen molar-refractivity contribution < 1.29 is 4.79 Å². The molecule has 1 aliphatic rings. The van der Waals surface area contributed by atoms with Gasteiger partial charge >= 0.3 is 0 Å². The van der Waals surface area contributed by atoms with Crippen molar-refractivity contribution in [3.05, 3.63) is 29.0 Å². The Hall–Kier alpha value is -1.09. The molecule has 1 unspecified atom stereocenters. The Balaban J connectivity index is 2.07. The molecule has 1 saturated carbocycles. The molecule has 0 aliphatic heterocycles. The van der Waals surface area contributed by atoms with E-state index >= 15 is 0 Å². The number of aromatic nitrogens is 1. The average Bonchev–Trinajstić information content (AvgIpc) is 2.31. The molecule has 1 aromatic rings. The summed E-state index contributed by atoms with van der Waals surface area (Å²) in [7, 11) is 0. The van der Waals surface area contributed by atoms with Crippen molar-refractivity contribution >= 4 is 17.5 Å². The average molecular weight is 267 g/mol. The molecule has 0 radical (unpaired) electrons. The van der Waals surface area contributed by atoms with Crippen LogP contribution in [0.25, 0.3) is 0 Å². The first-order chi connectivity index (χ1) is 8.49. The number of pyridine rings is 1. The summed E-state index contributed by atoms with van der Waals surface area (Å²) in [6.45, 7) is 4.42. The second-order valence-corrected chi connectivity index (χ2v) is 5.99. The molecule has 0 aromatic carbocycles. The third-order valence-corrected chi connectivity index (χ3v) is 3.97. The van der Waals surface area contributed by atoms with E-state index in [0.29, 0.717) is 10.8 Å². The van der Waals surface area contributed by atoms with Gasteiger partial charge in [-0.25, -0.2) is 4.98 Å². The van der Waals surface area contributed by atoms with Crippen molar-refractivity contribution in [2.24, 2.45) is 5.41 Å². The fraction of sp³-hybridized carbons (Fsp3) is 0.571. The molecule has 0 spiro atoms. The summed E-state index contributed by atoms with van der Waals surface area (Å²) in [6, 6.07) is 5.33. The third-order valence-electron chi connectivity index (χ3n) is 3.76. The standard InChI is InChI=1S/C14H19ClN2O/c1-14(2)9-4-3-7-11(14)17-13(18)10-6-5-8-12(15)16-10/h5-6,8,11H,3-4,7,9H2,1-2H3,(H,17,18). The second-order valence-electron chi connectivity index (χ2n) is 5.61. The van der Waals surface area contributed by atoms with Crippen LogP contribution in [0.4, 0.5) is 0 Å². The Morgan fingerprint density at radius 1 is 1.44 bits per heavy atom. The first-order valence-corrected chi connectivity index (χ1v) is 6.80. The lowest BCUT2D eigenvalue weighted by molar-refractivity contribution is 0.0848. The van der Waals surface area contributed by atoms with Gasteiger partial charge in [0.25, 0.3) is 5.91 Å². The Labute approximate surface area is 113 Å². The van der Waals surface area contributed by atoms with Crippen molar-refractivity contribution in [1.29, 1.82) is 0 Å². The number of halogens is 1.